The van der Waals surface area contributed by atoms with Crippen LogP contribution in [-0.2, 0) is 24.2 Å². The van der Waals surface area contributed by atoms with Crippen LogP contribution in [0.2, 0.25) is 0 Å². The maximum Gasteiger partial charge on any atom is 0.251 e. The second-order valence-electron chi connectivity index (χ2n) is 7.10. The molecule has 2 aromatic heterocycles. The summed E-state index contributed by atoms with van der Waals surface area (Å²) >= 11 is 3.20. The van der Waals surface area contributed by atoms with Gasteiger partial charge in [-0.15, -0.1) is 11.3 Å². The van der Waals surface area contributed by atoms with Gasteiger partial charge in [0.2, 0.25) is 5.91 Å². The molecule has 7 heteroatoms. The van der Waals surface area contributed by atoms with Crippen LogP contribution in [0.4, 0.5) is 5.00 Å². The molecule has 138 valence electrons. The molecule has 2 heterocycles. The van der Waals surface area contributed by atoms with Crippen LogP contribution in [0.1, 0.15) is 52.0 Å². The Bertz CT molecular complexity index is 809. The number of carbonyl (C=O) groups is 2. The van der Waals surface area contributed by atoms with Gasteiger partial charge < -0.3 is 11.1 Å². The molecule has 0 unspecified atom stereocenters. The molecule has 3 N–H and O–H groups in total. The van der Waals surface area contributed by atoms with Crippen LogP contribution in [-0.4, -0.2) is 29.3 Å². The Hall–Kier alpha value is -1.70. The van der Waals surface area contributed by atoms with Crippen LogP contribution >= 0.6 is 22.7 Å². The van der Waals surface area contributed by atoms with Crippen molar-refractivity contribution >= 4 is 39.5 Å². The molecule has 2 aliphatic rings. The Morgan fingerprint density at radius 1 is 1.27 bits per heavy atom. The summed E-state index contributed by atoms with van der Waals surface area (Å²) in [5.74, 6) is -0.495. The van der Waals surface area contributed by atoms with Crippen molar-refractivity contribution in [1.29, 1.82) is 0 Å². The minimum Gasteiger partial charge on any atom is -0.365 e. The molecule has 0 saturated heterocycles. The fraction of sp³-hybridized carbons (Fsp3) is 0.474. The zero-order valence-electron chi connectivity index (χ0n) is 14.6. The van der Waals surface area contributed by atoms with Gasteiger partial charge in [0.05, 0.1) is 12.1 Å². The number of thiophene rings is 2. The molecule has 0 atom stereocenters. The van der Waals surface area contributed by atoms with Crippen molar-refractivity contribution in [2.24, 2.45) is 5.73 Å². The number of anilines is 1. The first-order valence-electron chi connectivity index (χ1n) is 9.11. The fourth-order valence-electron chi connectivity index (χ4n) is 3.64. The molecular formula is C19H23N3O2S2. The number of fused-ring (bicyclic) bond motifs is 1. The summed E-state index contributed by atoms with van der Waals surface area (Å²) in [5.41, 5.74) is 8.46. The van der Waals surface area contributed by atoms with Crippen LogP contribution in [0.15, 0.2) is 16.8 Å². The molecule has 0 bridgehead atoms. The third-order valence-corrected chi connectivity index (χ3v) is 6.99. The Morgan fingerprint density at radius 3 is 2.77 bits per heavy atom. The summed E-state index contributed by atoms with van der Waals surface area (Å²) in [6.45, 7) is 1.15. The normalized spacial score (nSPS) is 16.5. The van der Waals surface area contributed by atoms with E-state index in [0.29, 0.717) is 23.2 Å². The lowest BCUT2D eigenvalue weighted by Crippen LogP contribution is -2.34. The van der Waals surface area contributed by atoms with Crippen LogP contribution in [0.25, 0.3) is 0 Å². The summed E-state index contributed by atoms with van der Waals surface area (Å²) in [4.78, 5) is 28.1. The van der Waals surface area contributed by atoms with Crippen LogP contribution in [0.5, 0.6) is 0 Å². The minimum atomic E-state index is -0.433. The molecule has 1 saturated carbocycles. The topological polar surface area (TPSA) is 75.4 Å². The molecule has 26 heavy (non-hydrogen) atoms. The lowest BCUT2D eigenvalue weighted by molar-refractivity contribution is -0.117. The zero-order valence-corrected chi connectivity index (χ0v) is 16.3. The van der Waals surface area contributed by atoms with Crippen molar-refractivity contribution in [3.8, 4) is 0 Å². The van der Waals surface area contributed by atoms with Gasteiger partial charge in [0.1, 0.15) is 5.00 Å². The second kappa shape index (κ2) is 7.50. The Morgan fingerprint density at radius 2 is 2.08 bits per heavy atom. The smallest absolute Gasteiger partial charge is 0.251 e. The quantitative estimate of drug-likeness (QED) is 0.762. The van der Waals surface area contributed by atoms with Gasteiger partial charge in [-0.05, 0) is 66.5 Å². The monoisotopic (exact) mass is 389 g/mol. The Labute approximate surface area is 161 Å². The Kier molecular flexibility index (Phi) is 5.11. The standard InChI is InChI=1S/C19H23N3O2S2/c20-18(24)17-14-3-1-2-4-15(14)26-19(17)21-16(23)10-22(13-5-6-13)9-12-7-8-25-11-12/h7-8,11,13H,1-6,9-10H2,(H2,20,24)(H,21,23). The van der Waals surface area contributed by atoms with Gasteiger partial charge in [0.15, 0.2) is 0 Å². The lowest BCUT2D eigenvalue weighted by Gasteiger charge is -2.20. The van der Waals surface area contributed by atoms with Gasteiger partial charge in [-0.25, -0.2) is 0 Å². The maximum atomic E-state index is 12.7. The average molecular weight is 390 g/mol. The maximum absolute atomic E-state index is 12.7. The zero-order chi connectivity index (χ0) is 18.1. The number of hydrogen-bond donors (Lipinski definition) is 2. The molecule has 2 aliphatic carbocycles. The SMILES string of the molecule is NC(=O)c1c(NC(=O)CN(Cc2ccsc2)C2CC2)sc2c1CCCC2. The fourth-order valence-corrected chi connectivity index (χ4v) is 5.61. The first-order valence-corrected chi connectivity index (χ1v) is 10.9. The number of nitrogens with zero attached hydrogens (tertiary/aromatic N) is 1. The van der Waals surface area contributed by atoms with Crippen molar-refractivity contribution in [2.45, 2.75) is 51.1 Å². The molecule has 0 aliphatic heterocycles. The van der Waals surface area contributed by atoms with Gasteiger partial charge >= 0.3 is 0 Å². The number of carbonyl (C=O) groups excluding carboxylic acids is 2. The summed E-state index contributed by atoms with van der Waals surface area (Å²) in [5, 5.41) is 7.82. The number of nitrogens with one attached hydrogen (secondary N) is 1. The van der Waals surface area contributed by atoms with E-state index in [4.69, 9.17) is 5.73 Å². The van der Waals surface area contributed by atoms with Crippen LogP contribution < -0.4 is 11.1 Å². The third-order valence-electron chi connectivity index (χ3n) is 5.05. The highest BCUT2D eigenvalue weighted by atomic mass is 32.1. The molecule has 2 amide bonds. The van der Waals surface area contributed by atoms with E-state index in [1.165, 1.54) is 21.8 Å². The number of rotatable bonds is 7. The van der Waals surface area contributed by atoms with E-state index in [9.17, 15) is 9.59 Å². The van der Waals surface area contributed by atoms with Crippen LogP contribution in [0.3, 0.4) is 0 Å². The number of primary amides is 1. The highest BCUT2D eigenvalue weighted by Gasteiger charge is 2.31. The number of hydrogen-bond acceptors (Lipinski definition) is 5. The first kappa shape index (κ1) is 17.7. The third kappa shape index (κ3) is 3.84. The minimum absolute atomic E-state index is 0.0618. The molecule has 5 nitrogen and oxygen atoms in total. The highest BCUT2D eigenvalue weighted by molar-refractivity contribution is 7.17. The van der Waals surface area contributed by atoms with Crippen molar-refractivity contribution in [3.05, 3.63) is 38.4 Å². The summed E-state index contributed by atoms with van der Waals surface area (Å²) in [7, 11) is 0. The average Bonchev–Trinajstić information content (AvgIpc) is 3.20. The van der Waals surface area contributed by atoms with Gasteiger partial charge in [0, 0.05) is 17.5 Å². The molecule has 0 aromatic carbocycles. The molecular weight excluding hydrogens is 366 g/mol. The first-order chi connectivity index (χ1) is 12.6. The predicted octanol–water partition coefficient (Wildman–Crippen LogP) is 3.39. The largest absolute Gasteiger partial charge is 0.365 e. The molecule has 0 radical (unpaired) electrons. The lowest BCUT2D eigenvalue weighted by atomic mass is 9.95. The van der Waals surface area contributed by atoms with Gasteiger partial charge in [-0.2, -0.15) is 11.3 Å². The van der Waals surface area contributed by atoms with Crippen LogP contribution in [0, 0.1) is 0 Å². The van der Waals surface area contributed by atoms with E-state index in [0.717, 1.165) is 50.6 Å². The van der Waals surface area contributed by atoms with E-state index in [1.54, 1.807) is 11.3 Å². The summed E-state index contributed by atoms with van der Waals surface area (Å²) < 4.78 is 0. The van der Waals surface area contributed by atoms with E-state index in [1.807, 2.05) is 0 Å². The van der Waals surface area contributed by atoms with Crippen molar-refractivity contribution in [1.82, 2.24) is 4.90 Å². The van der Waals surface area contributed by atoms with Crippen molar-refractivity contribution in [3.63, 3.8) is 0 Å². The summed E-state index contributed by atoms with van der Waals surface area (Å²) in [6, 6.07) is 2.60. The van der Waals surface area contributed by atoms with Gasteiger partial charge in [-0.1, -0.05) is 0 Å². The molecule has 0 spiro atoms. The van der Waals surface area contributed by atoms with E-state index in [-0.39, 0.29) is 5.91 Å². The second-order valence-corrected chi connectivity index (χ2v) is 8.98. The molecule has 4 rings (SSSR count). The summed E-state index contributed by atoms with van der Waals surface area (Å²) in [6.07, 6.45) is 6.37. The van der Waals surface area contributed by atoms with E-state index < -0.39 is 5.91 Å². The number of nitrogens with two attached hydrogens (primary N) is 1. The van der Waals surface area contributed by atoms with Gasteiger partial charge in [0.25, 0.3) is 5.91 Å². The van der Waals surface area contributed by atoms with Crippen molar-refractivity contribution in [2.75, 3.05) is 11.9 Å². The highest BCUT2D eigenvalue weighted by Crippen LogP contribution is 2.38. The molecule has 2 aromatic rings. The van der Waals surface area contributed by atoms with E-state index >= 15 is 0 Å². The van der Waals surface area contributed by atoms with Gasteiger partial charge in [-0.3, -0.25) is 14.5 Å². The predicted molar refractivity (Wildman–Crippen MR) is 106 cm³/mol. The number of amides is 2. The Balaban J connectivity index is 1.47. The molecule has 1 fully saturated rings. The van der Waals surface area contributed by atoms with E-state index in [2.05, 4.69) is 27.0 Å². The van der Waals surface area contributed by atoms with Crippen molar-refractivity contribution < 1.29 is 9.59 Å². The number of aryl methyl sites for hydroxylation is 1.